The maximum atomic E-state index is 12.7. The topological polar surface area (TPSA) is 73.2 Å². The van der Waals surface area contributed by atoms with Gasteiger partial charge < -0.3 is 10.1 Å². The molecular weight excluding hydrogens is 414 g/mol. The highest BCUT2D eigenvalue weighted by Gasteiger charge is 2.18. The van der Waals surface area contributed by atoms with Crippen LogP contribution < -0.4 is 15.6 Å². The van der Waals surface area contributed by atoms with Gasteiger partial charge in [0.15, 0.2) is 0 Å². The lowest BCUT2D eigenvalue weighted by Gasteiger charge is -2.10. The number of amides is 1. The number of ether oxygens (including phenoxy) is 1. The molecule has 1 aliphatic carbocycles. The highest BCUT2D eigenvalue weighted by Crippen LogP contribution is 2.37. The first kappa shape index (κ1) is 20.7. The molecule has 0 radical (unpaired) electrons. The zero-order valence-corrected chi connectivity index (χ0v) is 18.2. The van der Waals surface area contributed by atoms with E-state index < -0.39 is 0 Å². The molecule has 1 N–H and O–H groups in total. The van der Waals surface area contributed by atoms with Crippen molar-refractivity contribution in [2.24, 2.45) is 0 Å². The van der Waals surface area contributed by atoms with Crippen LogP contribution in [0.15, 0.2) is 83.7 Å². The first-order chi connectivity index (χ1) is 16.1. The van der Waals surface area contributed by atoms with E-state index in [-0.39, 0.29) is 18.0 Å². The van der Waals surface area contributed by atoms with Crippen LogP contribution in [-0.4, -0.2) is 22.3 Å². The minimum absolute atomic E-state index is 0.166. The summed E-state index contributed by atoms with van der Waals surface area (Å²) in [6.07, 6.45) is 0.848. The van der Waals surface area contributed by atoms with Crippen molar-refractivity contribution in [3.63, 3.8) is 0 Å². The SMILES string of the molecule is CCOc1ccc(-c2ccc(=O)n(CC(=O)Nc3ccc4c(c3)Cc3ccccc3-4)n2)cc1. The van der Waals surface area contributed by atoms with Crippen molar-refractivity contribution in [3.05, 3.63) is 100 Å². The van der Waals surface area contributed by atoms with Gasteiger partial charge in [-0.2, -0.15) is 5.10 Å². The molecule has 0 unspecified atom stereocenters. The predicted octanol–water partition coefficient (Wildman–Crippen LogP) is 4.52. The van der Waals surface area contributed by atoms with Crippen molar-refractivity contribution in [1.29, 1.82) is 0 Å². The Hall–Kier alpha value is -4.19. The highest BCUT2D eigenvalue weighted by atomic mass is 16.5. The molecule has 33 heavy (non-hydrogen) atoms. The number of carbonyl (C=O) groups is 1. The molecule has 6 heteroatoms. The molecule has 164 valence electrons. The smallest absolute Gasteiger partial charge is 0.267 e. The quantitative estimate of drug-likeness (QED) is 0.424. The lowest BCUT2D eigenvalue weighted by atomic mass is 10.1. The van der Waals surface area contributed by atoms with E-state index in [0.29, 0.717) is 18.0 Å². The third-order valence-corrected chi connectivity index (χ3v) is 5.70. The monoisotopic (exact) mass is 437 g/mol. The molecule has 1 heterocycles. The van der Waals surface area contributed by atoms with Crippen molar-refractivity contribution < 1.29 is 9.53 Å². The van der Waals surface area contributed by atoms with Gasteiger partial charge in [-0.25, -0.2) is 4.68 Å². The minimum Gasteiger partial charge on any atom is -0.494 e. The number of anilines is 1. The van der Waals surface area contributed by atoms with Crippen LogP contribution in [0.4, 0.5) is 5.69 Å². The molecule has 0 saturated heterocycles. The first-order valence-corrected chi connectivity index (χ1v) is 10.9. The molecule has 6 nitrogen and oxygen atoms in total. The Balaban J connectivity index is 1.31. The van der Waals surface area contributed by atoms with E-state index in [1.807, 2.05) is 61.5 Å². The average Bonchev–Trinajstić information content (AvgIpc) is 3.19. The summed E-state index contributed by atoms with van der Waals surface area (Å²) in [5.41, 5.74) is 6.74. The number of aromatic nitrogens is 2. The fourth-order valence-corrected chi connectivity index (χ4v) is 4.16. The van der Waals surface area contributed by atoms with Crippen LogP contribution >= 0.6 is 0 Å². The third-order valence-electron chi connectivity index (χ3n) is 5.70. The number of fused-ring (bicyclic) bond motifs is 3. The Labute approximate surface area is 191 Å². The van der Waals surface area contributed by atoms with E-state index in [2.05, 4.69) is 22.5 Å². The number of nitrogens with one attached hydrogen (secondary N) is 1. The average molecular weight is 437 g/mol. The van der Waals surface area contributed by atoms with E-state index >= 15 is 0 Å². The summed E-state index contributed by atoms with van der Waals surface area (Å²) >= 11 is 0. The lowest BCUT2D eigenvalue weighted by molar-refractivity contribution is -0.117. The van der Waals surface area contributed by atoms with E-state index in [0.717, 1.165) is 17.7 Å². The Kier molecular flexibility index (Phi) is 5.48. The maximum Gasteiger partial charge on any atom is 0.267 e. The van der Waals surface area contributed by atoms with Crippen LogP contribution in [0.5, 0.6) is 5.75 Å². The van der Waals surface area contributed by atoms with Crippen LogP contribution in [0.2, 0.25) is 0 Å². The maximum absolute atomic E-state index is 12.7. The van der Waals surface area contributed by atoms with Crippen LogP contribution in [-0.2, 0) is 17.8 Å². The van der Waals surface area contributed by atoms with Gasteiger partial charge in [-0.05, 0) is 78.1 Å². The molecule has 5 rings (SSSR count). The van der Waals surface area contributed by atoms with E-state index in [4.69, 9.17) is 4.74 Å². The summed E-state index contributed by atoms with van der Waals surface area (Å²) in [7, 11) is 0. The van der Waals surface area contributed by atoms with Gasteiger partial charge in [0.25, 0.3) is 5.56 Å². The fraction of sp³-hybridized carbons (Fsp3) is 0.148. The highest BCUT2D eigenvalue weighted by molar-refractivity contribution is 5.91. The Morgan fingerprint density at radius 3 is 2.58 bits per heavy atom. The summed E-state index contributed by atoms with van der Waals surface area (Å²) in [4.78, 5) is 25.0. The molecule has 0 aliphatic heterocycles. The Bertz CT molecular complexity index is 1390. The molecule has 4 aromatic rings. The molecule has 3 aromatic carbocycles. The molecule has 0 fully saturated rings. The van der Waals surface area contributed by atoms with Crippen molar-refractivity contribution in [3.8, 4) is 28.1 Å². The molecule has 0 bridgehead atoms. The van der Waals surface area contributed by atoms with Gasteiger partial charge in [0, 0.05) is 17.3 Å². The van der Waals surface area contributed by atoms with Gasteiger partial charge in [0.05, 0.1) is 12.3 Å². The van der Waals surface area contributed by atoms with Crippen molar-refractivity contribution in [2.75, 3.05) is 11.9 Å². The Morgan fingerprint density at radius 2 is 1.76 bits per heavy atom. The zero-order valence-electron chi connectivity index (χ0n) is 18.2. The van der Waals surface area contributed by atoms with Crippen LogP contribution in [0.3, 0.4) is 0 Å². The number of benzene rings is 3. The molecule has 1 aliphatic rings. The van der Waals surface area contributed by atoms with E-state index in [1.165, 1.54) is 33.0 Å². The van der Waals surface area contributed by atoms with Gasteiger partial charge in [-0.3, -0.25) is 9.59 Å². The van der Waals surface area contributed by atoms with Crippen LogP contribution in [0, 0.1) is 0 Å². The molecular formula is C27H23N3O3. The number of hydrogen-bond donors (Lipinski definition) is 1. The predicted molar refractivity (Wildman–Crippen MR) is 128 cm³/mol. The van der Waals surface area contributed by atoms with E-state index in [1.54, 1.807) is 6.07 Å². The van der Waals surface area contributed by atoms with Gasteiger partial charge in [0.2, 0.25) is 5.91 Å². The summed E-state index contributed by atoms with van der Waals surface area (Å²) in [6.45, 7) is 2.36. The first-order valence-electron chi connectivity index (χ1n) is 10.9. The third kappa shape index (κ3) is 4.28. The molecule has 0 atom stereocenters. The van der Waals surface area contributed by atoms with E-state index in [9.17, 15) is 9.59 Å². The number of carbonyl (C=O) groups excluding carboxylic acids is 1. The van der Waals surface area contributed by atoms with Crippen LogP contribution in [0.1, 0.15) is 18.1 Å². The minimum atomic E-state index is -0.329. The number of hydrogen-bond acceptors (Lipinski definition) is 4. The fourth-order valence-electron chi connectivity index (χ4n) is 4.16. The standard InChI is InChI=1S/C27H23N3O3/c1-2-33-22-10-7-18(8-11-22)25-13-14-27(32)30(29-25)17-26(31)28-21-9-12-24-20(16-21)15-19-5-3-4-6-23(19)24/h3-14,16H,2,15,17H2,1H3,(H,28,31). The lowest BCUT2D eigenvalue weighted by Crippen LogP contribution is -2.29. The molecule has 1 amide bonds. The zero-order chi connectivity index (χ0) is 22.8. The normalized spacial score (nSPS) is 11.5. The van der Waals surface area contributed by atoms with Crippen molar-refractivity contribution in [1.82, 2.24) is 9.78 Å². The van der Waals surface area contributed by atoms with Gasteiger partial charge in [-0.15, -0.1) is 0 Å². The van der Waals surface area contributed by atoms with Gasteiger partial charge in [0.1, 0.15) is 12.3 Å². The number of rotatable bonds is 6. The number of nitrogens with zero attached hydrogens (tertiary/aromatic N) is 2. The summed E-state index contributed by atoms with van der Waals surface area (Å²) in [6, 6.07) is 24.8. The van der Waals surface area contributed by atoms with Crippen molar-refractivity contribution >= 4 is 11.6 Å². The van der Waals surface area contributed by atoms with Crippen molar-refractivity contribution in [2.45, 2.75) is 19.9 Å². The van der Waals surface area contributed by atoms with Gasteiger partial charge >= 0.3 is 0 Å². The van der Waals surface area contributed by atoms with Gasteiger partial charge in [-0.1, -0.05) is 30.3 Å². The second-order valence-electron chi connectivity index (χ2n) is 7.93. The largest absolute Gasteiger partial charge is 0.494 e. The molecule has 0 spiro atoms. The second-order valence-corrected chi connectivity index (χ2v) is 7.93. The second kappa shape index (κ2) is 8.74. The summed E-state index contributed by atoms with van der Waals surface area (Å²) in [5.74, 6) is 0.468. The molecule has 1 aromatic heterocycles. The summed E-state index contributed by atoms with van der Waals surface area (Å²) in [5, 5.41) is 7.29. The summed E-state index contributed by atoms with van der Waals surface area (Å²) < 4.78 is 6.65. The molecule has 0 saturated carbocycles. The Morgan fingerprint density at radius 1 is 0.970 bits per heavy atom. The van der Waals surface area contributed by atoms with Crippen LogP contribution in [0.25, 0.3) is 22.4 Å².